The first-order valence-electron chi connectivity index (χ1n) is 8.86. The minimum Gasteiger partial charge on any atom is -0.492 e. The van der Waals surface area contributed by atoms with E-state index in [-0.39, 0.29) is 17.3 Å². The molecule has 1 aromatic heterocycles. The summed E-state index contributed by atoms with van der Waals surface area (Å²) in [7, 11) is 0. The fourth-order valence-corrected chi connectivity index (χ4v) is 2.78. The predicted octanol–water partition coefficient (Wildman–Crippen LogP) is 5.24. The number of ether oxygens (including phenoxy) is 2. The monoisotopic (exact) mass is 455 g/mol. The van der Waals surface area contributed by atoms with Gasteiger partial charge in [0.15, 0.2) is 17.3 Å². The molecule has 0 aliphatic carbocycles. The molecular weight excluding hydrogens is 441 g/mol. The van der Waals surface area contributed by atoms with Crippen LogP contribution in [0.5, 0.6) is 23.1 Å². The topological polar surface area (TPSA) is 84.7 Å². The quantitative estimate of drug-likeness (QED) is 0.392. The van der Waals surface area contributed by atoms with Crippen LogP contribution in [0.3, 0.4) is 0 Å². The molecule has 32 heavy (non-hydrogen) atoms. The molecule has 0 amide bonds. The maximum absolute atomic E-state index is 12.9. The number of oxazole rings is 1. The van der Waals surface area contributed by atoms with E-state index in [0.717, 1.165) is 6.07 Å². The molecule has 0 aliphatic rings. The van der Waals surface area contributed by atoms with Gasteiger partial charge in [-0.05, 0) is 42.8 Å². The number of benzene rings is 2. The largest absolute Gasteiger partial charge is 0.492 e. The van der Waals surface area contributed by atoms with Gasteiger partial charge in [0.05, 0.1) is 5.56 Å². The zero-order chi connectivity index (χ0) is 23.5. The Morgan fingerprint density at radius 3 is 2.31 bits per heavy atom. The Morgan fingerprint density at radius 1 is 1.09 bits per heavy atom. The van der Waals surface area contributed by atoms with E-state index in [1.165, 1.54) is 24.3 Å². The highest BCUT2D eigenvalue weighted by atomic mass is 19.4. The molecule has 6 nitrogen and oxygen atoms in total. The third-order valence-corrected chi connectivity index (χ3v) is 4.14. The SMILES string of the molecule is CC#C[C@H](c1ccc(Oc2ccc(C(F)(F)F)cc2OC(F)F)cc1)c1oc(=O)[nH]c1O. The van der Waals surface area contributed by atoms with E-state index >= 15 is 0 Å². The van der Waals surface area contributed by atoms with Crippen LogP contribution >= 0.6 is 0 Å². The number of aromatic nitrogens is 1. The lowest BCUT2D eigenvalue weighted by Gasteiger charge is -2.15. The molecular formula is C21H14F5NO5. The fraction of sp³-hybridized carbons (Fsp3) is 0.190. The van der Waals surface area contributed by atoms with Crippen molar-refractivity contribution in [3.05, 3.63) is 69.9 Å². The lowest BCUT2D eigenvalue weighted by atomic mass is 9.97. The van der Waals surface area contributed by atoms with E-state index < -0.39 is 41.7 Å². The standard InChI is InChI=1S/C21H14F5NO5/c1-2-3-14(17-18(28)27-20(29)32-17)11-4-7-13(8-5-11)30-15-9-6-12(21(24,25)26)10-16(15)31-19(22)23/h4-10,14,19,28H,1H3,(H,27,29)/t14-/m1/s1. The van der Waals surface area contributed by atoms with Gasteiger partial charge < -0.3 is 19.0 Å². The van der Waals surface area contributed by atoms with Crippen LogP contribution in [0.15, 0.2) is 51.7 Å². The Hall–Kier alpha value is -3.94. The molecule has 2 N–H and O–H groups in total. The maximum Gasteiger partial charge on any atom is 0.419 e. The Labute approximate surface area is 177 Å². The molecule has 11 heteroatoms. The second-order valence-electron chi connectivity index (χ2n) is 6.26. The number of alkyl halides is 5. The van der Waals surface area contributed by atoms with Crippen LogP contribution < -0.4 is 15.2 Å². The Balaban J connectivity index is 1.90. The molecule has 0 unspecified atom stereocenters. The summed E-state index contributed by atoms with van der Waals surface area (Å²) in [5, 5.41) is 9.82. The maximum atomic E-state index is 12.9. The molecule has 0 radical (unpaired) electrons. The summed E-state index contributed by atoms with van der Waals surface area (Å²) in [4.78, 5) is 13.4. The molecule has 1 heterocycles. The minimum atomic E-state index is -4.76. The van der Waals surface area contributed by atoms with E-state index in [1.807, 2.05) is 0 Å². The number of hydrogen-bond acceptors (Lipinski definition) is 5. The molecule has 3 aromatic rings. The van der Waals surface area contributed by atoms with Gasteiger partial charge in [0.1, 0.15) is 11.7 Å². The van der Waals surface area contributed by atoms with Gasteiger partial charge in [-0.25, -0.2) is 4.79 Å². The zero-order valence-corrected chi connectivity index (χ0v) is 16.2. The molecule has 3 rings (SSSR count). The number of halogens is 5. The highest BCUT2D eigenvalue weighted by Gasteiger charge is 2.32. The average Bonchev–Trinajstić information content (AvgIpc) is 3.04. The minimum absolute atomic E-state index is 0.0931. The van der Waals surface area contributed by atoms with Gasteiger partial charge in [-0.15, -0.1) is 5.92 Å². The van der Waals surface area contributed by atoms with Crippen LogP contribution in [0.2, 0.25) is 0 Å². The second-order valence-corrected chi connectivity index (χ2v) is 6.26. The molecule has 0 saturated carbocycles. The lowest BCUT2D eigenvalue weighted by molar-refractivity contribution is -0.138. The van der Waals surface area contributed by atoms with Crippen molar-refractivity contribution >= 4 is 0 Å². The molecule has 2 aromatic carbocycles. The van der Waals surface area contributed by atoms with E-state index in [1.54, 1.807) is 6.92 Å². The third kappa shape index (κ3) is 5.21. The van der Waals surface area contributed by atoms with Gasteiger partial charge in [0.2, 0.25) is 5.88 Å². The van der Waals surface area contributed by atoms with Crippen LogP contribution in [0, 0.1) is 11.8 Å². The van der Waals surface area contributed by atoms with Crippen molar-refractivity contribution in [1.82, 2.24) is 4.98 Å². The molecule has 168 valence electrons. The molecule has 0 bridgehead atoms. The molecule has 0 spiro atoms. The predicted molar refractivity (Wildman–Crippen MR) is 101 cm³/mol. The van der Waals surface area contributed by atoms with Gasteiger partial charge in [0.25, 0.3) is 0 Å². The smallest absolute Gasteiger partial charge is 0.419 e. The van der Waals surface area contributed by atoms with E-state index in [0.29, 0.717) is 17.7 Å². The highest BCUT2D eigenvalue weighted by Crippen LogP contribution is 2.39. The average molecular weight is 455 g/mol. The van der Waals surface area contributed by atoms with Crippen LogP contribution in [-0.2, 0) is 6.18 Å². The Bertz CT molecular complexity index is 1200. The first-order chi connectivity index (χ1) is 15.1. The zero-order valence-electron chi connectivity index (χ0n) is 16.2. The van der Waals surface area contributed by atoms with Gasteiger partial charge in [-0.1, -0.05) is 18.1 Å². The number of rotatable bonds is 6. The summed E-state index contributed by atoms with van der Waals surface area (Å²) in [5.74, 6) is 2.12. The van der Waals surface area contributed by atoms with Gasteiger partial charge in [0, 0.05) is 0 Å². The highest BCUT2D eigenvalue weighted by molar-refractivity contribution is 5.47. The van der Waals surface area contributed by atoms with E-state index in [4.69, 9.17) is 9.15 Å². The normalized spacial score (nSPS) is 12.2. The number of aromatic amines is 1. The van der Waals surface area contributed by atoms with Crippen LogP contribution in [0.4, 0.5) is 22.0 Å². The summed E-state index contributed by atoms with van der Waals surface area (Å²) in [6.07, 6.45) is -4.76. The summed E-state index contributed by atoms with van der Waals surface area (Å²) < 4.78 is 78.4. The first-order valence-corrected chi connectivity index (χ1v) is 8.86. The van der Waals surface area contributed by atoms with Crippen LogP contribution in [-0.4, -0.2) is 16.7 Å². The summed E-state index contributed by atoms with van der Waals surface area (Å²) in [6.45, 7) is -1.82. The second kappa shape index (κ2) is 9.05. The fourth-order valence-electron chi connectivity index (χ4n) is 2.78. The molecule has 0 aliphatic heterocycles. The van der Waals surface area contributed by atoms with Crippen molar-refractivity contribution < 1.29 is 40.9 Å². The van der Waals surface area contributed by atoms with Gasteiger partial charge in [-0.2, -0.15) is 22.0 Å². The number of hydrogen-bond donors (Lipinski definition) is 2. The van der Waals surface area contributed by atoms with E-state index in [2.05, 4.69) is 21.6 Å². The summed E-state index contributed by atoms with van der Waals surface area (Å²) in [6, 6.07) is 7.73. The molecule has 0 fully saturated rings. The van der Waals surface area contributed by atoms with Gasteiger partial charge >= 0.3 is 18.5 Å². The van der Waals surface area contributed by atoms with Crippen molar-refractivity contribution in [1.29, 1.82) is 0 Å². The van der Waals surface area contributed by atoms with Gasteiger partial charge in [-0.3, -0.25) is 4.98 Å². The first kappa shape index (κ1) is 22.7. The lowest BCUT2D eigenvalue weighted by Crippen LogP contribution is -2.08. The Morgan fingerprint density at radius 2 is 1.78 bits per heavy atom. The number of aromatic hydroxyl groups is 1. The van der Waals surface area contributed by atoms with E-state index in [9.17, 15) is 31.9 Å². The van der Waals surface area contributed by atoms with Crippen LogP contribution in [0.1, 0.15) is 29.7 Å². The van der Waals surface area contributed by atoms with Crippen LogP contribution in [0.25, 0.3) is 0 Å². The molecule has 0 saturated heterocycles. The molecule has 1 atom stereocenters. The van der Waals surface area contributed by atoms with Crippen molar-refractivity contribution in [2.24, 2.45) is 0 Å². The van der Waals surface area contributed by atoms with Crippen molar-refractivity contribution in [2.45, 2.75) is 25.6 Å². The third-order valence-electron chi connectivity index (χ3n) is 4.14. The van der Waals surface area contributed by atoms with Crippen molar-refractivity contribution in [2.75, 3.05) is 0 Å². The summed E-state index contributed by atoms with van der Waals surface area (Å²) >= 11 is 0. The van der Waals surface area contributed by atoms with Crippen molar-refractivity contribution in [3.63, 3.8) is 0 Å². The summed E-state index contributed by atoms with van der Waals surface area (Å²) in [5.41, 5.74) is -0.689. The Kier molecular flexibility index (Phi) is 6.43. The number of H-pyrrole nitrogens is 1. The number of nitrogens with one attached hydrogen (secondary N) is 1. The van der Waals surface area contributed by atoms with Crippen molar-refractivity contribution in [3.8, 4) is 35.0 Å².